The maximum absolute atomic E-state index is 7.21. The van der Waals surface area contributed by atoms with Gasteiger partial charge in [0.2, 0.25) is 0 Å². The molecule has 1 aliphatic carbocycles. The Labute approximate surface area is 510 Å². The Hall–Kier alpha value is -9.73. The molecule has 0 aliphatic heterocycles. The van der Waals surface area contributed by atoms with E-state index in [0.717, 1.165) is 89.1 Å². The van der Waals surface area contributed by atoms with Crippen LogP contribution in [0.1, 0.15) is 22.3 Å². The summed E-state index contributed by atoms with van der Waals surface area (Å²) >= 11 is 0. The second kappa shape index (κ2) is 19.7. The van der Waals surface area contributed by atoms with Gasteiger partial charge in [0.1, 0.15) is 11.2 Å². The Bertz CT molecular complexity index is 5280. The molecule has 2 heterocycles. The summed E-state index contributed by atoms with van der Waals surface area (Å²) in [7, 11) is -4.46. The van der Waals surface area contributed by atoms with Gasteiger partial charge >= 0.3 is 0 Å². The number of anilines is 6. The van der Waals surface area contributed by atoms with E-state index in [1.807, 2.05) is 0 Å². The first kappa shape index (κ1) is 52.8. The highest BCUT2D eigenvalue weighted by atomic mass is 28.4. The summed E-state index contributed by atoms with van der Waals surface area (Å²) in [6, 6.07) is 94.1. The third-order valence-electron chi connectivity index (χ3n) is 19.2. The van der Waals surface area contributed by atoms with E-state index in [1.54, 1.807) is 0 Å². The number of para-hydroxylation sites is 6. The molecule has 0 amide bonds. The SMILES string of the molecule is Cc1ccccc1-c1cccc2c1oc1c(N(c3ccccc3)c3ccc4cc5c(cc4c3)C([Si](C)(C)C)([Si](C)(C)C)c3c-5c4ccccc4c4cc(N(c5ccccc5)c5cccc6c5oc5c(-c7ccccc7C)cccc56)ccc34)cccc12. The lowest BCUT2D eigenvalue weighted by Gasteiger charge is -2.51. The number of benzene rings is 13. The highest BCUT2D eigenvalue weighted by Gasteiger charge is 2.60. The van der Waals surface area contributed by atoms with Gasteiger partial charge in [-0.05, 0) is 157 Å². The Balaban J connectivity index is 0.902. The van der Waals surface area contributed by atoms with E-state index in [2.05, 4.69) is 318 Å². The second-order valence-corrected chi connectivity index (χ2v) is 37.1. The molecule has 0 N–H and O–H groups in total. The van der Waals surface area contributed by atoms with Crippen molar-refractivity contribution in [2.45, 2.75) is 57.8 Å². The minimum Gasteiger partial charge on any atom is -0.453 e. The van der Waals surface area contributed by atoms with Gasteiger partial charge in [0.25, 0.3) is 0 Å². The molecule has 13 aromatic carbocycles. The van der Waals surface area contributed by atoms with Gasteiger partial charge in [0, 0.05) is 60.1 Å². The molecule has 16 rings (SSSR count). The van der Waals surface area contributed by atoms with Gasteiger partial charge in [-0.3, -0.25) is 0 Å². The molecule has 4 nitrogen and oxygen atoms in total. The first-order valence-corrected chi connectivity index (χ1v) is 37.6. The van der Waals surface area contributed by atoms with E-state index in [1.165, 1.54) is 76.8 Å². The van der Waals surface area contributed by atoms with E-state index in [9.17, 15) is 0 Å². The Morgan fingerprint density at radius 3 is 1.26 bits per heavy atom. The van der Waals surface area contributed by atoms with Gasteiger partial charge in [-0.15, -0.1) is 0 Å². The number of nitrogens with zero attached hydrogens (tertiary/aromatic N) is 2. The van der Waals surface area contributed by atoms with E-state index in [-0.39, 0.29) is 4.66 Å². The lowest BCUT2D eigenvalue weighted by atomic mass is 9.90. The van der Waals surface area contributed by atoms with Crippen molar-refractivity contribution in [1.82, 2.24) is 0 Å². The molecule has 420 valence electrons. The van der Waals surface area contributed by atoms with Crippen LogP contribution in [-0.2, 0) is 4.66 Å². The van der Waals surface area contributed by atoms with Crippen molar-refractivity contribution in [3.05, 3.63) is 277 Å². The molecule has 0 spiro atoms. The van der Waals surface area contributed by atoms with Gasteiger partial charge < -0.3 is 18.6 Å². The fraction of sp³-hybridized carbons (Fsp3) is 0.111. The molecule has 0 bridgehead atoms. The number of aryl methyl sites for hydroxylation is 2. The van der Waals surface area contributed by atoms with Gasteiger partial charge in [-0.2, -0.15) is 0 Å². The molecule has 6 heteroatoms. The van der Waals surface area contributed by atoms with Crippen LogP contribution in [0.5, 0.6) is 0 Å². The standard InChI is InChI=1S/C81H66N2O2Si2/c1-51-25-15-17-31-59(51)64-35-21-37-66-68-39-23-41-73(79(68)84-77(64)66)82(55-27-11-9-12-28-55)57-44-43-53-48-71-72(49-54(53)47-57)81(86(3,4)5,87(6,7)8)76-63-46-45-58(50-70(63)61-33-19-20-34-62(61)75(71)76)83(56-29-13-10-14-30-56)74-42-24-40-69-67-38-22-36-65(78(67)85-80(69)74)60-32-18-16-26-52(60)2/h9-50H,1-8H3. The lowest BCUT2D eigenvalue weighted by molar-refractivity contribution is 0.670. The molecular weight excluding hydrogens is 1090 g/mol. The third kappa shape index (κ3) is 7.87. The predicted octanol–water partition coefficient (Wildman–Crippen LogP) is 23.9. The highest BCUT2D eigenvalue weighted by Crippen LogP contribution is 2.63. The monoisotopic (exact) mass is 1150 g/mol. The second-order valence-electron chi connectivity index (χ2n) is 26.1. The predicted molar refractivity (Wildman–Crippen MR) is 376 cm³/mol. The van der Waals surface area contributed by atoms with E-state index < -0.39 is 16.1 Å². The molecule has 0 saturated heterocycles. The van der Waals surface area contributed by atoms with E-state index >= 15 is 0 Å². The summed E-state index contributed by atoms with van der Waals surface area (Å²) in [4.78, 5) is 4.82. The zero-order valence-corrected chi connectivity index (χ0v) is 52.5. The molecule has 0 radical (unpaired) electrons. The molecule has 0 saturated carbocycles. The average Bonchev–Trinajstić information content (AvgIpc) is 1.53. The lowest BCUT2D eigenvalue weighted by Crippen LogP contribution is -2.63. The Morgan fingerprint density at radius 2 is 0.736 bits per heavy atom. The van der Waals surface area contributed by atoms with Crippen molar-refractivity contribution in [3.63, 3.8) is 0 Å². The number of hydrogen-bond donors (Lipinski definition) is 0. The Morgan fingerprint density at radius 1 is 0.299 bits per heavy atom. The summed E-state index contributed by atoms with van der Waals surface area (Å²) in [6.07, 6.45) is 0. The van der Waals surface area contributed by atoms with Crippen molar-refractivity contribution < 1.29 is 8.83 Å². The normalized spacial score (nSPS) is 13.1. The van der Waals surface area contributed by atoms with Crippen LogP contribution in [0.15, 0.2) is 264 Å². The van der Waals surface area contributed by atoms with Crippen LogP contribution in [0, 0.1) is 13.8 Å². The number of fused-ring (bicyclic) bond motifs is 15. The van der Waals surface area contributed by atoms with Crippen LogP contribution < -0.4 is 9.80 Å². The summed E-state index contributed by atoms with van der Waals surface area (Å²) in [6.45, 7) is 20.2. The van der Waals surface area contributed by atoms with Crippen molar-refractivity contribution in [2.24, 2.45) is 0 Å². The zero-order chi connectivity index (χ0) is 59.1. The van der Waals surface area contributed by atoms with Crippen LogP contribution in [0.25, 0.3) is 110 Å². The van der Waals surface area contributed by atoms with Crippen molar-refractivity contribution in [3.8, 4) is 33.4 Å². The Kier molecular flexibility index (Phi) is 11.9. The molecule has 0 unspecified atom stereocenters. The molecule has 0 atom stereocenters. The fourth-order valence-electron chi connectivity index (χ4n) is 15.9. The molecule has 0 fully saturated rings. The summed E-state index contributed by atoms with van der Waals surface area (Å²) in [5.74, 6) is 0. The van der Waals surface area contributed by atoms with Gasteiger partial charge in [-0.1, -0.05) is 227 Å². The summed E-state index contributed by atoms with van der Waals surface area (Å²) < 4.78 is 14.2. The molecule has 1 aliphatic rings. The topological polar surface area (TPSA) is 32.8 Å². The number of hydrogen-bond acceptors (Lipinski definition) is 4. The smallest absolute Gasteiger partial charge is 0.159 e. The van der Waals surface area contributed by atoms with Crippen LogP contribution in [0.3, 0.4) is 0 Å². The van der Waals surface area contributed by atoms with Crippen LogP contribution in [-0.4, -0.2) is 16.1 Å². The van der Waals surface area contributed by atoms with Crippen molar-refractivity contribution >= 4 is 126 Å². The largest absolute Gasteiger partial charge is 0.453 e. The molecule has 2 aromatic heterocycles. The quantitative estimate of drug-likeness (QED) is 0.101. The molecule has 15 aromatic rings. The van der Waals surface area contributed by atoms with Gasteiger partial charge in [-0.25, -0.2) is 0 Å². The first-order chi connectivity index (χ1) is 42.3. The first-order valence-electron chi connectivity index (χ1n) is 30.6. The van der Waals surface area contributed by atoms with Crippen LogP contribution >= 0.6 is 0 Å². The average molecular weight is 1160 g/mol. The maximum atomic E-state index is 7.21. The van der Waals surface area contributed by atoms with Gasteiger partial charge in [0.05, 0.1) is 27.5 Å². The summed E-state index contributed by atoms with van der Waals surface area (Å²) in [5, 5.41) is 12.1. The van der Waals surface area contributed by atoms with Crippen molar-refractivity contribution in [1.29, 1.82) is 0 Å². The van der Waals surface area contributed by atoms with Crippen LogP contribution in [0.2, 0.25) is 39.3 Å². The van der Waals surface area contributed by atoms with Gasteiger partial charge in [0.15, 0.2) is 11.2 Å². The highest BCUT2D eigenvalue weighted by molar-refractivity contribution is 7.00. The zero-order valence-electron chi connectivity index (χ0n) is 50.5. The number of furan rings is 2. The third-order valence-corrected chi connectivity index (χ3v) is 29.2. The molecular formula is C81H66N2O2Si2. The van der Waals surface area contributed by atoms with Crippen molar-refractivity contribution in [2.75, 3.05) is 9.80 Å². The summed E-state index contributed by atoms with van der Waals surface area (Å²) in [5.41, 5.74) is 22.7. The van der Waals surface area contributed by atoms with Crippen LogP contribution in [0.4, 0.5) is 34.1 Å². The maximum Gasteiger partial charge on any atom is 0.159 e. The molecule has 87 heavy (non-hydrogen) atoms. The fourth-order valence-corrected chi connectivity index (χ4v) is 28.9. The van der Waals surface area contributed by atoms with E-state index in [4.69, 9.17) is 8.83 Å². The minimum atomic E-state index is -2.23. The van der Waals surface area contributed by atoms with E-state index in [0.29, 0.717) is 0 Å². The number of rotatable bonds is 10. The minimum absolute atomic E-state index is 0.180.